The number of anilines is 2. The van der Waals surface area contributed by atoms with Gasteiger partial charge in [-0.25, -0.2) is 8.42 Å². The number of carbonyl (C=O) groups excluding carboxylic acids is 1. The van der Waals surface area contributed by atoms with Crippen LogP contribution in [-0.4, -0.2) is 42.1 Å². The van der Waals surface area contributed by atoms with Gasteiger partial charge in [0.1, 0.15) is 5.82 Å². The fourth-order valence-electron chi connectivity index (χ4n) is 2.90. The summed E-state index contributed by atoms with van der Waals surface area (Å²) < 4.78 is 23.0. The van der Waals surface area contributed by atoms with Crippen LogP contribution in [0.2, 0.25) is 0 Å². The molecule has 2 aromatic rings. The topological polar surface area (TPSA) is 101 Å². The molecule has 2 heterocycles. The van der Waals surface area contributed by atoms with E-state index in [0.29, 0.717) is 23.6 Å². The highest BCUT2D eigenvalue weighted by Gasteiger charge is 2.27. The van der Waals surface area contributed by atoms with Crippen LogP contribution in [0.15, 0.2) is 36.4 Å². The summed E-state index contributed by atoms with van der Waals surface area (Å²) in [5, 5.41) is 13.8. The number of rotatable bonds is 4. The summed E-state index contributed by atoms with van der Waals surface area (Å²) in [6.45, 7) is 6.36. The van der Waals surface area contributed by atoms with Gasteiger partial charge in [0.05, 0.1) is 11.5 Å². The molecular formula is C19H24N4O3S. The molecule has 7 nitrogen and oxygen atoms in total. The van der Waals surface area contributed by atoms with Crippen LogP contribution in [0.1, 0.15) is 43.1 Å². The monoisotopic (exact) mass is 388 g/mol. The van der Waals surface area contributed by atoms with E-state index < -0.39 is 9.84 Å². The van der Waals surface area contributed by atoms with E-state index in [1.165, 1.54) is 0 Å². The zero-order valence-corrected chi connectivity index (χ0v) is 16.5. The van der Waals surface area contributed by atoms with E-state index in [0.717, 1.165) is 5.56 Å². The summed E-state index contributed by atoms with van der Waals surface area (Å²) in [5.74, 6) is 0.874. The van der Waals surface area contributed by atoms with Crippen molar-refractivity contribution < 1.29 is 13.2 Å². The van der Waals surface area contributed by atoms with Crippen molar-refractivity contribution in [3.05, 3.63) is 47.5 Å². The van der Waals surface area contributed by atoms with Crippen molar-refractivity contribution in [3.63, 3.8) is 0 Å². The molecule has 1 aliphatic rings. The van der Waals surface area contributed by atoms with Crippen molar-refractivity contribution >= 4 is 27.4 Å². The van der Waals surface area contributed by atoms with Crippen LogP contribution in [-0.2, 0) is 15.3 Å². The highest BCUT2D eigenvalue weighted by atomic mass is 32.2. The van der Waals surface area contributed by atoms with E-state index in [9.17, 15) is 13.2 Å². The molecule has 1 fully saturated rings. The molecule has 0 aliphatic carbocycles. The Morgan fingerprint density at radius 3 is 2.19 bits per heavy atom. The second-order valence-corrected chi connectivity index (χ2v) is 10.1. The van der Waals surface area contributed by atoms with Crippen molar-refractivity contribution in [2.45, 2.75) is 38.6 Å². The van der Waals surface area contributed by atoms with E-state index in [-0.39, 0.29) is 28.9 Å². The molecule has 8 heteroatoms. The maximum atomic E-state index is 12.3. The average molecular weight is 388 g/mol. The molecule has 0 saturated carbocycles. The van der Waals surface area contributed by atoms with Gasteiger partial charge >= 0.3 is 0 Å². The van der Waals surface area contributed by atoms with Gasteiger partial charge < -0.3 is 10.6 Å². The number of hydrogen-bond donors (Lipinski definition) is 2. The number of carbonyl (C=O) groups is 1. The van der Waals surface area contributed by atoms with E-state index in [4.69, 9.17) is 0 Å². The normalized spacial score (nSPS) is 18.9. The minimum atomic E-state index is -2.95. The molecule has 0 radical (unpaired) electrons. The third kappa shape index (κ3) is 5.03. The predicted molar refractivity (Wildman–Crippen MR) is 106 cm³/mol. The fourth-order valence-corrected chi connectivity index (χ4v) is 4.58. The van der Waals surface area contributed by atoms with Crippen LogP contribution in [0.5, 0.6) is 0 Å². The Hall–Kier alpha value is -2.48. The van der Waals surface area contributed by atoms with Crippen LogP contribution >= 0.6 is 0 Å². The van der Waals surface area contributed by atoms with E-state index in [1.54, 1.807) is 24.3 Å². The summed E-state index contributed by atoms with van der Waals surface area (Å²) >= 11 is 0. The third-order valence-electron chi connectivity index (χ3n) is 4.50. The molecule has 1 aromatic carbocycles. The zero-order chi connectivity index (χ0) is 19.7. The van der Waals surface area contributed by atoms with Crippen molar-refractivity contribution in [2.24, 2.45) is 0 Å². The van der Waals surface area contributed by atoms with Crippen molar-refractivity contribution in [1.82, 2.24) is 10.2 Å². The molecule has 1 amide bonds. The standard InChI is InChI=1S/C19H24N4O3S/c1-19(2,3)14-6-4-13(5-7-14)18(24)21-17-9-8-16(22-23-17)20-15-10-11-27(25,26)12-15/h4-9,15H,10-12H2,1-3H3,(H,20,22)(H,21,23,24). The van der Waals surface area contributed by atoms with Gasteiger partial charge in [-0.15, -0.1) is 10.2 Å². The van der Waals surface area contributed by atoms with Crippen LogP contribution in [0.3, 0.4) is 0 Å². The minimum absolute atomic E-state index is 0.0297. The van der Waals surface area contributed by atoms with Crippen LogP contribution < -0.4 is 10.6 Å². The first-order valence-electron chi connectivity index (χ1n) is 8.85. The Kier molecular flexibility index (Phi) is 5.19. The van der Waals surface area contributed by atoms with Crippen molar-refractivity contribution in [2.75, 3.05) is 22.1 Å². The van der Waals surface area contributed by atoms with Gasteiger partial charge in [-0.05, 0) is 41.7 Å². The van der Waals surface area contributed by atoms with Crippen LogP contribution in [0.25, 0.3) is 0 Å². The molecule has 0 spiro atoms. The van der Waals surface area contributed by atoms with Crippen molar-refractivity contribution in [1.29, 1.82) is 0 Å². The number of benzene rings is 1. The summed E-state index contributed by atoms with van der Waals surface area (Å²) in [5.41, 5.74) is 1.73. The molecule has 1 aliphatic heterocycles. The van der Waals surface area contributed by atoms with Gasteiger partial charge in [0.15, 0.2) is 15.7 Å². The molecular weight excluding hydrogens is 364 g/mol. The summed E-state index contributed by atoms with van der Waals surface area (Å²) in [6, 6.07) is 10.6. The lowest BCUT2D eigenvalue weighted by Crippen LogP contribution is -2.21. The van der Waals surface area contributed by atoms with Crippen molar-refractivity contribution in [3.8, 4) is 0 Å². The lowest BCUT2D eigenvalue weighted by atomic mass is 9.87. The number of sulfone groups is 1. The Balaban J connectivity index is 1.60. The SMILES string of the molecule is CC(C)(C)c1ccc(C(=O)Nc2ccc(NC3CCS(=O)(=O)C3)nn2)cc1. The zero-order valence-electron chi connectivity index (χ0n) is 15.7. The number of aromatic nitrogens is 2. The average Bonchev–Trinajstić information content (AvgIpc) is 2.94. The fraction of sp³-hybridized carbons (Fsp3) is 0.421. The summed E-state index contributed by atoms with van der Waals surface area (Å²) in [4.78, 5) is 12.3. The number of hydrogen-bond acceptors (Lipinski definition) is 6. The molecule has 2 N–H and O–H groups in total. The summed E-state index contributed by atoms with van der Waals surface area (Å²) in [7, 11) is -2.95. The first kappa shape index (κ1) is 19.3. The molecule has 144 valence electrons. The Labute approximate surface area is 159 Å². The van der Waals surface area contributed by atoms with Gasteiger partial charge in [-0.1, -0.05) is 32.9 Å². The minimum Gasteiger partial charge on any atom is -0.365 e. The van der Waals surface area contributed by atoms with Gasteiger partial charge in [0.2, 0.25) is 0 Å². The maximum absolute atomic E-state index is 12.3. The maximum Gasteiger partial charge on any atom is 0.256 e. The number of nitrogens with one attached hydrogen (secondary N) is 2. The van der Waals surface area contributed by atoms with Gasteiger partial charge in [-0.2, -0.15) is 0 Å². The predicted octanol–water partition coefficient (Wildman–Crippen LogP) is 2.63. The third-order valence-corrected chi connectivity index (χ3v) is 6.27. The van der Waals surface area contributed by atoms with Gasteiger partial charge in [-0.3, -0.25) is 4.79 Å². The molecule has 1 unspecified atom stereocenters. The first-order chi connectivity index (χ1) is 12.6. The Morgan fingerprint density at radius 2 is 1.67 bits per heavy atom. The Bertz CT molecular complexity index is 917. The molecule has 1 atom stereocenters. The molecule has 27 heavy (non-hydrogen) atoms. The molecule has 0 bridgehead atoms. The van der Waals surface area contributed by atoms with E-state index >= 15 is 0 Å². The van der Waals surface area contributed by atoms with E-state index in [1.807, 2.05) is 12.1 Å². The lowest BCUT2D eigenvalue weighted by Gasteiger charge is -2.19. The van der Waals surface area contributed by atoms with Crippen LogP contribution in [0, 0.1) is 0 Å². The molecule has 3 rings (SSSR count). The Morgan fingerprint density at radius 1 is 1.04 bits per heavy atom. The first-order valence-corrected chi connectivity index (χ1v) is 10.7. The second-order valence-electron chi connectivity index (χ2n) is 7.83. The lowest BCUT2D eigenvalue weighted by molar-refractivity contribution is 0.102. The smallest absolute Gasteiger partial charge is 0.256 e. The van der Waals surface area contributed by atoms with Gasteiger partial charge in [0.25, 0.3) is 5.91 Å². The number of amides is 1. The van der Waals surface area contributed by atoms with Gasteiger partial charge in [0, 0.05) is 11.6 Å². The highest BCUT2D eigenvalue weighted by Crippen LogP contribution is 2.22. The number of nitrogens with zero attached hydrogens (tertiary/aromatic N) is 2. The quantitative estimate of drug-likeness (QED) is 0.835. The largest absolute Gasteiger partial charge is 0.365 e. The van der Waals surface area contributed by atoms with Crippen LogP contribution in [0.4, 0.5) is 11.6 Å². The second kappa shape index (κ2) is 7.26. The molecule has 1 aromatic heterocycles. The molecule has 1 saturated heterocycles. The summed E-state index contributed by atoms with van der Waals surface area (Å²) in [6.07, 6.45) is 0.563. The van der Waals surface area contributed by atoms with E-state index in [2.05, 4.69) is 41.6 Å². The highest BCUT2D eigenvalue weighted by molar-refractivity contribution is 7.91.